The summed E-state index contributed by atoms with van der Waals surface area (Å²) in [5.74, 6) is 0.710. The number of halogens is 4. The number of alkyl halides is 3. The predicted octanol–water partition coefficient (Wildman–Crippen LogP) is 5.57. The van der Waals surface area contributed by atoms with E-state index in [1.807, 2.05) is 24.3 Å². The molecule has 2 aliphatic rings. The van der Waals surface area contributed by atoms with E-state index in [0.717, 1.165) is 62.9 Å². The quantitative estimate of drug-likeness (QED) is 0.604. The summed E-state index contributed by atoms with van der Waals surface area (Å²) in [5, 5.41) is 11.3. The third-order valence-corrected chi connectivity index (χ3v) is 7.41. The van der Waals surface area contributed by atoms with Crippen molar-refractivity contribution in [2.24, 2.45) is 5.92 Å². The van der Waals surface area contributed by atoms with E-state index >= 15 is 0 Å². The predicted molar refractivity (Wildman–Crippen MR) is 124 cm³/mol. The van der Waals surface area contributed by atoms with Gasteiger partial charge >= 0.3 is 6.18 Å². The molecule has 0 spiro atoms. The van der Waals surface area contributed by atoms with Crippen LogP contribution in [0.5, 0.6) is 5.75 Å². The first-order valence-electron chi connectivity index (χ1n) is 11.4. The Morgan fingerprint density at radius 3 is 2.52 bits per heavy atom. The van der Waals surface area contributed by atoms with Crippen molar-refractivity contribution in [3.63, 3.8) is 0 Å². The van der Waals surface area contributed by atoms with Crippen molar-refractivity contribution in [2.75, 3.05) is 44.7 Å². The molecule has 0 bridgehead atoms. The molecule has 1 aliphatic heterocycles. The van der Waals surface area contributed by atoms with Crippen molar-refractivity contribution in [1.29, 1.82) is 0 Å². The maximum absolute atomic E-state index is 13.4. The second-order valence-corrected chi connectivity index (χ2v) is 9.43. The number of ether oxygens (including phenoxy) is 1. The maximum atomic E-state index is 13.4. The van der Waals surface area contributed by atoms with Crippen LogP contribution in [0.15, 0.2) is 42.5 Å². The lowest BCUT2D eigenvalue weighted by atomic mass is 9.71. The Morgan fingerprint density at radius 1 is 1.09 bits per heavy atom. The van der Waals surface area contributed by atoms with Crippen LogP contribution in [0.4, 0.5) is 18.9 Å². The van der Waals surface area contributed by atoms with Crippen LogP contribution in [0.25, 0.3) is 0 Å². The molecule has 4 rings (SSSR count). The van der Waals surface area contributed by atoms with Gasteiger partial charge in [-0.15, -0.1) is 0 Å². The molecule has 1 heterocycles. The van der Waals surface area contributed by atoms with Gasteiger partial charge in [-0.3, -0.25) is 4.90 Å². The van der Waals surface area contributed by atoms with Crippen LogP contribution >= 0.6 is 11.6 Å². The van der Waals surface area contributed by atoms with Crippen molar-refractivity contribution in [1.82, 2.24) is 4.90 Å². The van der Waals surface area contributed by atoms with E-state index < -0.39 is 17.3 Å². The third kappa shape index (κ3) is 5.10. The number of hydrogen-bond acceptors (Lipinski definition) is 4. The lowest BCUT2D eigenvalue weighted by molar-refractivity contribution is -0.137. The normalized spacial score (nSPS) is 24.7. The lowest BCUT2D eigenvalue weighted by Gasteiger charge is -2.45. The zero-order chi connectivity index (χ0) is 23.6. The first-order chi connectivity index (χ1) is 15.7. The second kappa shape index (κ2) is 9.72. The SMILES string of the molecule is COc1ccccc1N1CCN(CC2CCCCC2(O)c2ccc(Cl)c(C(F)(F)F)c2)CC1. The Kier molecular flexibility index (Phi) is 7.12. The zero-order valence-corrected chi connectivity index (χ0v) is 19.5. The summed E-state index contributed by atoms with van der Waals surface area (Å²) >= 11 is 5.82. The molecule has 8 heteroatoms. The molecule has 2 aromatic carbocycles. The van der Waals surface area contributed by atoms with Crippen molar-refractivity contribution >= 4 is 17.3 Å². The summed E-state index contributed by atoms with van der Waals surface area (Å²) in [6, 6.07) is 11.8. The highest BCUT2D eigenvalue weighted by molar-refractivity contribution is 6.31. The Morgan fingerprint density at radius 2 is 1.82 bits per heavy atom. The third-order valence-electron chi connectivity index (χ3n) is 7.08. The van der Waals surface area contributed by atoms with Crippen LogP contribution in [-0.4, -0.2) is 49.8 Å². The number of nitrogens with zero attached hydrogens (tertiary/aromatic N) is 2. The van der Waals surface area contributed by atoms with E-state index in [2.05, 4.69) is 9.80 Å². The average Bonchev–Trinajstić information content (AvgIpc) is 2.80. The van der Waals surface area contributed by atoms with Gasteiger partial charge in [0.2, 0.25) is 0 Å². The standard InChI is InChI=1S/C25H30ClF3N2O2/c1-33-23-8-3-2-7-22(23)31-14-12-30(13-15-31)17-19-6-4-5-11-24(19,32)18-9-10-21(26)20(16-18)25(27,28)29/h2-3,7-10,16,19,32H,4-6,11-15,17H2,1H3. The van der Waals surface area contributed by atoms with Gasteiger partial charge in [0.1, 0.15) is 5.75 Å². The highest BCUT2D eigenvalue weighted by Crippen LogP contribution is 2.45. The van der Waals surface area contributed by atoms with Crippen LogP contribution < -0.4 is 9.64 Å². The fraction of sp³-hybridized carbons (Fsp3) is 0.520. The minimum absolute atomic E-state index is 0.133. The number of methoxy groups -OCH3 is 1. The van der Waals surface area contributed by atoms with Gasteiger partial charge in [0, 0.05) is 38.6 Å². The number of benzene rings is 2. The Balaban J connectivity index is 1.48. The molecule has 0 aromatic heterocycles. The molecule has 180 valence electrons. The van der Waals surface area contributed by atoms with Gasteiger partial charge in [0.15, 0.2) is 0 Å². The highest BCUT2D eigenvalue weighted by atomic mass is 35.5. The van der Waals surface area contributed by atoms with Gasteiger partial charge in [0.05, 0.1) is 29.0 Å². The van der Waals surface area contributed by atoms with Gasteiger partial charge in [-0.05, 0) is 42.7 Å². The molecule has 1 aliphatic carbocycles. The summed E-state index contributed by atoms with van der Waals surface area (Å²) in [6.07, 6.45) is -1.56. The summed E-state index contributed by atoms with van der Waals surface area (Å²) in [7, 11) is 1.67. The van der Waals surface area contributed by atoms with Gasteiger partial charge in [-0.25, -0.2) is 0 Å². The number of hydrogen-bond donors (Lipinski definition) is 1. The van der Waals surface area contributed by atoms with Crippen molar-refractivity contribution in [3.05, 3.63) is 58.6 Å². The summed E-state index contributed by atoms with van der Waals surface area (Å²) in [4.78, 5) is 4.60. The van der Waals surface area contributed by atoms with Crippen molar-refractivity contribution < 1.29 is 23.0 Å². The molecule has 4 nitrogen and oxygen atoms in total. The molecule has 2 aromatic rings. The first-order valence-corrected chi connectivity index (χ1v) is 11.8. The molecule has 2 atom stereocenters. The van der Waals surface area contributed by atoms with E-state index in [4.69, 9.17) is 16.3 Å². The lowest BCUT2D eigenvalue weighted by Crippen LogP contribution is -2.51. The van der Waals surface area contributed by atoms with Crippen LogP contribution in [0.3, 0.4) is 0 Å². The average molecular weight is 483 g/mol. The molecule has 1 saturated carbocycles. The summed E-state index contributed by atoms with van der Waals surface area (Å²) in [6.45, 7) is 3.94. The number of rotatable bonds is 5. The Bertz CT molecular complexity index is 963. The zero-order valence-electron chi connectivity index (χ0n) is 18.7. The van der Waals surface area contributed by atoms with Crippen LogP contribution in [0, 0.1) is 5.92 Å². The van der Waals surface area contributed by atoms with Crippen LogP contribution in [0.1, 0.15) is 36.8 Å². The van der Waals surface area contributed by atoms with Gasteiger partial charge < -0.3 is 14.7 Å². The second-order valence-electron chi connectivity index (χ2n) is 9.02. The van der Waals surface area contributed by atoms with Crippen molar-refractivity contribution in [3.8, 4) is 5.75 Å². The molecule has 2 fully saturated rings. The summed E-state index contributed by atoms with van der Waals surface area (Å²) in [5.41, 5.74) is -0.793. The molecule has 2 unspecified atom stereocenters. The minimum atomic E-state index is -4.55. The molecular formula is C25H30ClF3N2O2. The van der Waals surface area contributed by atoms with Crippen LogP contribution in [0.2, 0.25) is 5.02 Å². The molecular weight excluding hydrogens is 453 g/mol. The number of anilines is 1. The molecule has 1 N–H and O–H groups in total. The minimum Gasteiger partial charge on any atom is -0.495 e. The molecule has 1 saturated heterocycles. The van der Waals surface area contributed by atoms with E-state index in [1.54, 1.807) is 13.2 Å². The Labute approximate surface area is 197 Å². The molecule has 0 radical (unpaired) electrons. The number of piperazine rings is 1. The van der Waals surface area contributed by atoms with Gasteiger partial charge in [-0.1, -0.05) is 42.6 Å². The van der Waals surface area contributed by atoms with E-state index in [0.29, 0.717) is 18.5 Å². The van der Waals surface area contributed by atoms with Gasteiger partial charge in [-0.2, -0.15) is 13.2 Å². The van der Waals surface area contributed by atoms with E-state index in [1.165, 1.54) is 6.07 Å². The van der Waals surface area contributed by atoms with E-state index in [9.17, 15) is 18.3 Å². The highest BCUT2D eigenvalue weighted by Gasteiger charge is 2.43. The smallest absolute Gasteiger partial charge is 0.417 e. The van der Waals surface area contributed by atoms with Crippen LogP contribution in [-0.2, 0) is 11.8 Å². The number of para-hydroxylation sites is 2. The summed E-state index contributed by atoms with van der Waals surface area (Å²) < 4.78 is 45.8. The fourth-order valence-corrected chi connectivity index (χ4v) is 5.46. The topological polar surface area (TPSA) is 35.9 Å². The fourth-order valence-electron chi connectivity index (χ4n) is 5.24. The van der Waals surface area contributed by atoms with Gasteiger partial charge in [0.25, 0.3) is 0 Å². The monoisotopic (exact) mass is 482 g/mol. The largest absolute Gasteiger partial charge is 0.495 e. The maximum Gasteiger partial charge on any atom is 0.417 e. The molecule has 33 heavy (non-hydrogen) atoms. The van der Waals surface area contributed by atoms with E-state index in [-0.39, 0.29) is 10.9 Å². The number of aliphatic hydroxyl groups is 1. The molecule has 0 amide bonds. The first kappa shape index (κ1) is 24.2. The Hall–Kier alpha value is -1.96. The van der Waals surface area contributed by atoms with Crippen molar-refractivity contribution in [2.45, 2.75) is 37.5 Å².